The Labute approximate surface area is 195 Å². The van der Waals surface area contributed by atoms with Gasteiger partial charge in [-0.1, -0.05) is 6.07 Å². The monoisotopic (exact) mass is 445 g/mol. The van der Waals surface area contributed by atoms with E-state index >= 15 is 0 Å². The van der Waals surface area contributed by atoms with Crippen molar-refractivity contribution in [3.63, 3.8) is 0 Å². The highest BCUT2D eigenvalue weighted by molar-refractivity contribution is 5.73. The highest BCUT2D eigenvalue weighted by Gasteiger charge is 2.43. The molecule has 0 aromatic carbocycles. The molecule has 2 aromatic heterocycles. The summed E-state index contributed by atoms with van der Waals surface area (Å²) < 4.78 is 5.69. The van der Waals surface area contributed by atoms with Gasteiger partial charge in [0.05, 0.1) is 17.3 Å². The highest BCUT2D eigenvalue weighted by atomic mass is 16.6. The Morgan fingerprint density at radius 2 is 2.00 bits per heavy atom. The molecule has 0 bridgehead atoms. The number of hydrogen-bond donors (Lipinski definition) is 0. The van der Waals surface area contributed by atoms with Gasteiger partial charge in [-0.25, -0.2) is 9.78 Å². The van der Waals surface area contributed by atoms with Crippen molar-refractivity contribution in [3.05, 3.63) is 41.9 Å². The van der Waals surface area contributed by atoms with Gasteiger partial charge in [-0.15, -0.1) is 0 Å². The van der Waals surface area contributed by atoms with E-state index in [-0.39, 0.29) is 12.1 Å². The molecular weight excluding hydrogens is 414 g/mol. The van der Waals surface area contributed by atoms with Crippen LogP contribution in [0.2, 0.25) is 0 Å². The molecule has 2 aliphatic carbocycles. The lowest BCUT2D eigenvalue weighted by Gasteiger charge is -2.42. The van der Waals surface area contributed by atoms with E-state index in [0.717, 1.165) is 48.3 Å². The van der Waals surface area contributed by atoms with Crippen molar-refractivity contribution in [2.75, 3.05) is 24.5 Å². The van der Waals surface area contributed by atoms with Gasteiger partial charge >= 0.3 is 6.09 Å². The highest BCUT2D eigenvalue weighted by Crippen LogP contribution is 2.45. The van der Waals surface area contributed by atoms with Crippen molar-refractivity contribution in [2.45, 2.75) is 64.0 Å². The predicted octanol–water partition coefficient (Wildman–Crippen LogP) is 4.73. The quantitative estimate of drug-likeness (QED) is 0.677. The lowest BCUT2D eigenvalue weighted by molar-refractivity contribution is 0.0116. The molecule has 2 aromatic rings. The summed E-state index contributed by atoms with van der Waals surface area (Å²) >= 11 is 0. The summed E-state index contributed by atoms with van der Waals surface area (Å²) in [5.41, 5.74) is 3.14. The second-order valence-electron chi connectivity index (χ2n) is 10.4. The topological polar surface area (TPSA) is 82.3 Å². The van der Waals surface area contributed by atoms with Gasteiger partial charge in [-0.2, -0.15) is 5.26 Å². The number of pyridine rings is 2. The van der Waals surface area contributed by atoms with Gasteiger partial charge in [0.25, 0.3) is 0 Å². The van der Waals surface area contributed by atoms with Crippen molar-refractivity contribution in [1.82, 2.24) is 14.9 Å². The predicted molar refractivity (Wildman–Crippen MR) is 126 cm³/mol. The summed E-state index contributed by atoms with van der Waals surface area (Å²) in [6.45, 7) is 7.60. The van der Waals surface area contributed by atoms with Crippen LogP contribution >= 0.6 is 0 Å². The summed E-state index contributed by atoms with van der Waals surface area (Å²) in [5.74, 6) is 1.68. The molecule has 3 fully saturated rings. The van der Waals surface area contributed by atoms with Gasteiger partial charge in [0.15, 0.2) is 0 Å². The number of aromatic nitrogens is 2. The van der Waals surface area contributed by atoms with E-state index in [4.69, 9.17) is 9.72 Å². The SMILES string of the molecule is CC(C)(C)OC(=O)N1CCN(c2nc(C3CC3)c(-c3cccnc3)cc2C#N)CC1C1CC1. The lowest BCUT2D eigenvalue weighted by Crippen LogP contribution is -2.57. The third-order valence-electron chi connectivity index (χ3n) is 6.60. The largest absolute Gasteiger partial charge is 0.444 e. The second kappa shape index (κ2) is 8.33. The van der Waals surface area contributed by atoms with Crippen LogP contribution < -0.4 is 4.90 Å². The number of anilines is 1. The third kappa shape index (κ3) is 4.66. The minimum Gasteiger partial charge on any atom is -0.444 e. The van der Waals surface area contributed by atoms with Gasteiger partial charge in [0.1, 0.15) is 17.5 Å². The van der Waals surface area contributed by atoms with Crippen LogP contribution in [0.15, 0.2) is 30.6 Å². The van der Waals surface area contributed by atoms with Crippen LogP contribution in [0.4, 0.5) is 10.6 Å². The van der Waals surface area contributed by atoms with E-state index in [1.54, 1.807) is 6.20 Å². The molecule has 5 rings (SSSR count). The number of carbonyl (C=O) groups is 1. The summed E-state index contributed by atoms with van der Waals surface area (Å²) in [5, 5.41) is 10.0. The normalized spacial score (nSPS) is 21.0. The first-order valence-corrected chi connectivity index (χ1v) is 11.9. The number of rotatable bonds is 4. The van der Waals surface area contributed by atoms with Gasteiger partial charge in [-0.05, 0) is 64.5 Å². The molecule has 3 aliphatic rings. The number of piperazine rings is 1. The zero-order chi connectivity index (χ0) is 23.2. The molecule has 172 valence electrons. The van der Waals surface area contributed by atoms with E-state index in [1.807, 2.05) is 50.1 Å². The number of nitriles is 1. The average Bonchev–Trinajstić information content (AvgIpc) is 3.70. The Morgan fingerprint density at radius 3 is 2.61 bits per heavy atom. The molecule has 0 spiro atoms. The molecular formula is C26H31N5O2. The molecule has 0 N–H and O–H groups in total. The molecule has 33 heavy (non-hydrogen) atoms. The fraction of sp³-hybridized carbons (Fsp3) is 0.538. The molecule has 7 nitrogen and oxygen atoms in total. The third-order valence-corrected chi connectivity index (χ3v) is 6.60. The van der Waals surface area contributed by atoms with Crippen LogP contribution in [-0.4, -0.2) is 52.2 Å². The van der Waals surface area contributed by atoms with E-state index in [2.05, 4.69) is 16.0 Å². The molecule has 2 saturated carbocycles. The number of amides is 1. The fourth-order valence-corrected chi connectivity index (χ4v) is 4.70. The van der Waals surface area contributed by atoms with Crippen molar-refractivity contribution < 1.29 is 9.53 Å². The molecule has 7 heteroatoms. The first kappa shape index (κ1) is 21.7. The summed E-state index contributed by atoms with van der Waals surface area (Å²) in [6.07, 6.45) is 7.87. The van der Waals surface area contributed by atoms with Crippen molar-refractivity contribution in [2.24, 2.45) is 5.92 Å². The molecule has 1 saturated heterocycles. The lowest BCUT2D eigenvalue weighted by atomic mass is 10.00. The number of ether oxygens (including phenoxy) is 1. The Hall–Kier alpha value is -3.14. The fourth-order valence-electron chi connectivity index (χ4n) is 4.70. The van der Waals surface area contributed by atoms with Crippen molar-refractivity contribution in [1.29, 1.82) is 5.26 Å². The van der Waals surface area contributed by atoms with Crippen LogP contribution in [-0.2, 0) is 4.74 Å². The first-order valence-electron chi connectivity index (χ1n) is 11.9. The van der Waals surface area contributed by atoms with Crippen LogP contribution in [0.5, 0.6) is 0 Å². The Morgan fingerprint density at radius 1 is 1.21 bits per heavy atom. The van der Waals surface area contributed by atoms with Gasteiger partial charge < -0.3 is 14.5 Å². The molecule has 1 amide bonds. The maximum Gasteiger partial charge on any atom is 0.410 e. The van der Waals surface area contributed by atoms with Gasteiger partial charge in [-0.3, -0.25) is 4.98 Å². The minimum absolute atomic E-state index is 0.0873. The number of carbonyl (C=O) groups excluding carboxylic acids is 1. The Kier molecular flexibility index (Phi) is 5.48. The van der Waals surface area contributed by atoms with Crippen LogP contribution in [0.25, 0.3) is 11.1 Å². The molecule has 3 heterocycles. The van der Waals surface area contributed by atoms with Gasteiger partial charge in [0, 0.05) is 49.1 Å². The molecule has 1 atom stereocenters. The minimum atomic E-state index is -0.515. The first-order chi connectivity index (χ1) is 15.8. The zero-order valence-corrected chi connectivity index (χ0v) is 19.6. The second-order valence-corrected chi connectivity index (χ2v) is 10.4. The Balaban J connectivity index is 1.45. The van der Waals surface area contributed by atoms with Crippen LogP contribution in [0, 0.1) is 17.2 Å². The summed E-state index contributed by atoms with van der Waals surface area (Å²) in [4.78, 5) is 26.4. The molecule has 1 aliphatic heterocycles. The number of hydrogen-bond acceptors (Lipinski definition) is 6. The van der Waals surface area contributed by atoms with E-state index in [1.165, 1.54) is 0 Å². The van der Waals surface area contributed by atoms with E-state index in [0.29, 0.717) is 37.0 Å². The smallest absolute Gasteiger partial charge is 0.410 e. The van der Waals surface area contributed by atoms with Crippen molar-refractivity contribution >= 4 is 11.9 Å². The number of nitrogens with zero attached hydrogens (tertiary/aromatic N) is 5. The standard InChI is InChI=1S/C26H31N5O2/c1-26(2,3)33-25(32)31-12-11-30(16-22(31)17-6-7-17)24-20(14-27)13-21(19-5-4-10-28-15-19)23(29-24)18-8-9-18/h4-5,10,13,15,17-18,22H,6-9,11-12,16H2,1-3H3. The maximum absolute atomic E-state index is 12.9. The average molecular weight is 446 g/mol. The van der Waals surface area contributed by atoms with Crippen molar-refractivity contribution in [3.8, 4) is 17.2 Å². The van der Waals surface area contributed by atoms with Crippen LogP contribution in [0.3, 0.4) is 0 Å². The van der Waals surface area contributed by atoms with Gasteiger partial charge in [0.2, 0.25) is 0 Å². The van der Waals surface area contributed by atoms with Crippen LogP contribution in [0.1, 0.15) is 63.6 Å². The molecule has 0 radical (unpaired) electrons. The maximum atomic E-state index is 12.9. The van der Waals surface area contributed by atoms with E-state index < -0.39 is 5.60 Å². The summed E-state index contributed by atoms with van der Waals surface area (Å²) in [6, 6.07) is 8.40. The summed E-state index contributed by atoms with van der Waals surface area (Å²) in [7, 11) is 0. The zero-order valence-electron chi connectivity index (χ0n) is 19.6. The molecule has 1 unspecified atom stereocenters. The van der Waals surface area contributed by atoms with E-state index in [9.17, 15) is 10.1 Å². The Bertz CT molecular complexity index is 1080.